The lowest BCUT2D eigenvalue weighted by atomic mass is 9.82. The van der Waals surface area contributed by atoms with Crippen LogP contribution in [0.4, 0.5) is 8.78 Å². The quantitative estimate of drug-likeness (QED) is 0.345. The highest BCUT2D eigenvalue weighted by Crippen LogP contribution is 2.38. The highest BCUT2D eigenvalue weighted by Gasteiger charge is 2.38. The summed E-state index contributed by atoms with van der Waals surface area (Å²) in [6, 6.07) is 24.9. The molecular formula is C29H31F2NO2. The minimum Gasteiger partial charge on any atom is -0.462 e. The number of halogens is 2. The second-order valence-electron chi connectivity index (χ2n) is 9.41. The summed E-state index contributed by atoms with van der Waals surface area (Å²) in [6.07, 6.45) is 0.430. The van der Waals surface area contributed by atoms with E-state index in [2.05, 4.69) is 29.2 Å². The fourth-order valence-corrected chi connectivity index (χ4v) is 5.02. The maximum absolute atomic E-state index is 15.6. The molecule has 4 rings (SSSR count). The Morgan fingerprint density at radius 2 is 1.62 bits per heavy atom. The van der Waals surface area contributed by atoms with Crippen molar-refractivity contribution in [3.05, 3.63) is 107 Å². The summed E-state index contributed by atoms with van der Waals surface area (Å²) >= 11 is 0. The van der Waals surface area contributed by atoms with E-state index in [1.807, 2.05) is 36.4 Å². The monoisotopic (exact) mass is 463 g/mol. The predicted molar refractivity (Wildman–Crippen MR) is 130 cm³/mol. The number of ether oxygens (including phenoxy) is 1. The largest absolute Gasteiger partial charge is 0.462 e. The zero-order valence-electron chi connectivity index (χ0n) is 19.7. The third-order valence-electron chi connectivity index (χ3n) is 6.34. The van der Waals surface area contributed by atoms with Crippen LogP contribution in [-0.2, 0) is 11.2 Å². The van der Waals surface area contributed by atoms with Gasteiger partial charge in [0.1, 0.15) is 11.5 Å². The normalized spacial score (nSPS) is 16.1. The molecule has 0 saturated carbocycles. The number of alkyl halides is 1. The number of carbonyl (C=O) groups excluding carboxylic acids is 1. The number of hydrogen-bond donors (Lipinski definition) is 0. The fourth-order valence-electron chi connectivity index (χ4n) is 5.02. The smallest absolute Gasteiger partial charge is 0.338 e. The first-order valence-corrected chi connectivity index (χ1v) is 11.8. The summed E-state index contributed by atoms with van der Waals surface area (Å²) < 4.78 is 34.6. The maximum Gasteiger partial charge on any atom is 0.338 e. The van der Waals surface area contributed by atoms with Crippen LogP contribution in [0.5, 0.6) is 0 Å². The topological polar surface area (TPSA) is 29.5 Å². The second-order valence-corrected chi connectivity index (χ2v) is 9.41. The number of carbonyl (C=O) groups is 1. The molecule has 0 bridgehead atoms. The number of rotatable bonds is 9. The van der Waals surface area contributed by atoms with Crippen molar-refractivity contribution in [3.63, 3.8) is 0 Å². The molecule has 1 fully saturated rings. The van der Waals surface area contributed by atoms with Crippen LogP contribution >= 0.6 is 0 Å². The Balaban J connectivity index is 1.41. The Morgan fingerprint density at radius 3 is 2.18 bits per heavy atom. The lowest BCUT2D eigenvalue weighted by Gasteiger charge is -2.46. The zero-order chi connectivity index (χ0) is 24.1. The van der Waals surface area contributed by atoms with Crippen molar-refractivity contribution in [2.24, 2.45) is 5.92 Å². The van der Waals surface area contributed by atoms with Gasteiger partial charge >= 0.3 is 5.97 Å². The summed E-state index contributed by atoms with van der Waals surface area (Å²) in [6.45, 7) is 5.06. The van der Waals surface area contributed by atoms with Gasteiger partial charge < -0.3 is 4.74 Å². The highest BCUT2D eigenvalue weighted by molar-refractivity contribution is 5.89. The number of benzene rings is 3. The average Bonchev–Trinajstić information content (AvgIpc) is 2.78. The van der Waals surface area contributed by atoms with E-state index in [0.29, 0.717) is 12.0 Å². The molecule has 0 radical (unpaired) electrons. The molecule has 1 aliphatic heterocycles. The molecule has 3 aromatic carbocycles. The van der Waals surface area contributed by atoms with Crippen LogP contribution in [-0.4, -0.2) is 36.2 Å². The van der Waals surface area contributed by atoms with Gasteiger partial charge in [-0.05, 0) is 61.1 Å². The number of likely N-dealkylation sites (tertiary alicyclic amines) is 1. The van der Waals surface area contributed by atoms with Crippen LogP contribution in [0.1, 0.15) is 53.4 Å². The van der Waals surface area contributed by atoms with Gasteiger partial charge in [0.05, 0.1) is 18.2 Å². The molecular weight excluding hydrogens is 432 g/mol. The lowest BCUT2D eigenvalue weighted by molar-refractivity contribution is 0.0237. The van der Waals surface area contributed by atoms with Crippen LogP contribution in [0.25, 0.3) is 0 Å². The number of esters is 1. The van der Waals surface area contributed by atoms with Crippen LogP contribution in [0.3, 0.4) is 0 Å². The molecule has 5 heteroatoms. The van der Waals surface area contributed by atoms with Crippen LogP contribution in [0.2, 0.25) is 0 Å². The van der Waals surface area contributed by atoms with Gasteiger partial charge in [-0.1, -0.05) is 60.7 Å². The van der Waals surface area contributed by atoms with Gasteiger partial charge in [-0.15, -0.1) is 0 Å². The van der Waals surface area contributed by atoms with Gasteiger partial charge in [0.2, 0.25) is 0 Å². The van der Waals surface area contributed by atoms with Crippen LogP contribution in [0, 0.1) is 11.7 Å². The molecule has 1 saturated heterocycles. The molecule has 0 amide bonds. The first kappa shape index (κ1) is 24.1. The van der Waals surface area contributed by atoms with Gasteiger partial charge in [0.25, 0.3) is 0 Å². The van der Waals surface area contributed by atoms with Crippen molar-refractivity contribution in [2.45, 2.75) is 38.4 Å². The van der Waals surface area contributed by atoms with Crippen LogP contribution < -0.4 is 0 Å². The summed E-state index contributed by atoms with van der Waals surface area (Å²) in [5.41, 5.74) is 1.53. The molecule has 3 nitrogen and oxygen atoms in total. The number of hydrogen-bond acceptors (Lipinski definition) is 3. The Bertz CT molecular complexity index is 1060. The van der Waals surface area contributed by atoms with Crippen molar-refractivity contribution in [2.75, 3.05) is 19.7 Å². The van der Waals surface area contributed by atoms with E-state index in [1.54, 1.807) is 13.8 Å². The van der Waals surface area contributed by atoms with E-state index >= 15 is 4.39 Å². The molecule has 0 N–H and O–H groups in total. The number of nitrogens with zero attached hydrogens (tertiary/aromatic N) is 1. The van der Waals surface area contributed by atoms with Crippen molar-refractivity contribution < 1.29 is 18.3 Å². The molecule has 34 heavy (non-hydrogen) atoms. The minimum atomic E-state index is -1.51. The Labute approximate surface area is 200 Å². The van der Waals surface area contributed by atoms with Crippen molar-refractivity contribution in [1.82, 2.24) is 4.90 Å². The first-order valence-electron chi connectivity index (χ1n) is 11.8. The molecule has 3 aromatic rings. The maximum atomic E-state index is 15.6. The van der Waals surface area contributed by atoms with Gasteiger partial charge in [-0.2, -0.15) is 0 Å². The SMILES string of the molecule is CCOC(=O)c1cc(F)cc(CC(C)(F)CC2CN(C(c3ccccc3)c3ccccc3)C2)c1. The molecule has 1 heterocycles. The van der Waals surface area contributed by atoms with Crippen molar-refractivity contribution >= 4 is 5.97 Å². The lowest BCUT2D eigenvalue weighted by Crippen LogP contribution is -2.50. The summed E-state index contributed by atoms with van der Waals surface area (Å²) in [5, 5.41) is 0. The van der Waals surface area contributed by atoms with Gasteiger partial charge in [-0.3, -0.25) is 4.90 Å². The summed E-state index contributed by atoms with van der Waals surface area (Å²) in [4.78, 5) is 14.4. The van der Waals surface area contributed by atoms with Crippen molar-refractivity contribution in [3.8, 4) is 0 Å². The second kappa shape index (κ2) is 10.5. The molecule has 0 aliphatic carbocycles. The molecule has 178 valence electrons. The van der Waals surface area contributed by atoms with E-state index in [1.165, 1.54) is 23.3 Å². The standard InChI is InChI=1S/C29H31F2NO2/c1-3-34-28(33)25-14-21(15-26(30)16-25)17-29(2,31)18-22-19-32(20-22)27(23-10-6-4-7-11-23)24-12-8-5-9-13-24/h4-16,22,27H,3,17-20H2,1-2H3. The van der Waals surface area contributed by atoms with Gasteiger partial charge in [0.15, 0.2) is 0 Å². The third-order valence-corrected chi connectivity index (χ3v) is 6.34. The summed E-state index contributed by atoms with van der Waals surface area (Å²) in [7, 11) is 0. The van der Waals surface area contributed by atoms with Crippen molar-refractivity contribution in [1.29, 1.82) is 0 Å². The predicted octanol–water partition coefficient (Wildman–Crippen LogP) is 6.38. The van der Waals surface area contributed by atoms with E-state index in [0.717, 1.165) is 19.2 Å². The highest BCUT2D eigenvalue weighted by atomic mass is 19.1. The van der Waals surface area contributed by atoms with E-state index in [-0.39, 0.29) is 30.6 Å². The zero-order valence-corrected chi connectivity index (χ0v) is 19.7. The third kappa shape index (κ3) is 5.89. The molecule has 1 atom stereocenters. The molecule has 0 aromatic heterocycles. The first-order chi connectivity index (χ1) is 16.3. The van der Waals surface area contributed by atoms with Crippen LogP contribution in [0.15, 0.2) is 78.9 Å². The fraction of sp³-hybridized carbons (Fsp3) is 0.345. The average molecular weight is 464 g/mol. The van der Waals surface area contributed by atoms with E-state index in [9.17, 15) is 9.18 Å². The molecule has 1 aliphatic rings. The Kier molecular flexibility index (Phi) is 7.42. The molecule has 1 unspecified atom stereocenters. The van der Waals surface area contributed by atoms with Gasteiger partial charge in [-0.25, -0.2) is 13.6 Å². The van der Waals surface area contributed by atoms with E-state index < -0.39 is 17.5 Å². The Morgan fingerprint density at radius 1 is 1.03 bits per heavy atom. The Hall–Kier alpha value is -3.05. The summed E-state index contributed by atoms with van der Waals surface area (Å²) in [5.74, 6) is -0.936. The minimum absolute atomic E-state index is 0.0501. The van der Waals surface area contributed by atoms with E-state index in [4.69, 9.17) is 4.74 Å². The van der Waals surface area contributed by atoms with Gasteiger partial charge in [0, 0.05) is 19.5 Å². The molecule has 0 spiro atoms.